The number of halogens is 3. The van der Waals surface area contributed by atoms with E-state index < -0.39 is 17.7 Å². The Labute approximate surface area is 174 Å². The van der Waals surface area contributed by atoms with E-state index >= 15 is 0 Å². The quantitative estimate of drug-likeness (QED) is 0.299. The zero-order chi connectivity index (χ0) is 21.7. The van der Waals surface area contributed by atoms with Gasteiger partial charge in [-0.2, -0.15) is 18.3 Å². The fraction of sp³-hybridized carbons (Fsp3) is 0.0500. The average Bonchev–Trinajstić information content (AvgIpc) is 3.16. The molecule has 0 aliphatic heterocycles. The van der Waals surface area contributed by atoms with Crippen LogP contribution in [0.4, 0.5) is 18.9 Å². The number of hydrogen-bond donors (Lipinski definition) is 3. The lowest BCUT2D eigenvalue weighted by molar-refractivity contribution is -0.137. The Hall–Kier alpha value is -3.66. The minimum Gasteiger partial charge on any atom is -0.478 e. The van der Waals surface area contributed by atoms with E-state index in [1.807, 2.05) is 0 Å². The Kier molecular flexibility index (Phi) is 6.17. The molecule has 30 heavy (non-hydrogen) atoms. The third-order valence-electron chi connectivity index (χ3n) is 3.87. The molecular formula is C20H14F3N3O3S. The lowest BCUT2D eigenvalue weighted by atomic mass is 10.1. The van der Waals surface area contributed by atoms with Gasteiger partial charge in [0.25, 0.3) is 0 Å². The van der Waals surface area contributed by atoms with Gasteiger partial charge in [0.1, 0.15) is 11.5 Å². The van der Waals surface area contributed by atoms with Crippen molar-refractivity contribution in [2.45, 2.75) is 6.18 Å². The summed E-state index contributed by atoms with van der Waals surface area (Å²) in [5.74, 6) is -0.0725. The van der Waals surface area contributed by atoms with E-state index in [1.165, 1.54) is 30.5 Å². The molecule has 3 aromatic rings. The highest BCUT2D eigenvalue weighted by molar-refractivity contribution is 7.80. The number of anilines is 1. The van der Waals surface area contributed by atoms with Gasteiger partial charge >= 0.3 is 12.1 Å². The Bertz CT molecular complexity index is 1080. The van der Waals surface area contributed by atoms with Gasteiger partial charge < -0.3 is 14.8 Å². The van der Waals surface area contributed by atoms with Gasteiger partial charge in [0.15, 0.2) is 5.11 Å². The highest BCUT2D eigenvalue weighted by Gasteiger charge is 2.29. The molecule has 1 heterocycles. The van der Waals surface area contributed by atoms with Gasteiger partial charge in [-0.05, 0) is 60.7 Å². The number of nitrogens with one attached hydrogen (secondary N) is 2. The minimum atomic E-state index is -4.40. The summed E-state index contributed by atoms with van der Waals surface area (Å²) in [7, 11) is 0. The summed E-state index contributed by atoms with van der Waals surface area (Å²) in [6.07, 6.45) is -3.03. The highest BCUT2D eigenvalue weighted by atomic mass is 32.1. The van der Waals surface area contributed by atoms with Crippen LogP contribution in [-0.4, -0.2) is 22.4 Å². The van der Waals surface area contributed by atoms with Crippen LogP contribution in [0.15, 0.2) is 70.2 Å². The second-order valence-corrected chi connectivity index (χ2v) is 6.39. The number of thiocarbonyl (C=S) groups is 1. The highest BCUT2D eigenvalue weighted by Crippen LogP contribution is 2.29. The number of furan rings is 1. The topological polar surface area (TPSA) is 86.9 Å². The molecule has 0 amide bonds. The first kappa shape index (κ1) is 21.1. The van der Waals surface area contributed by atoms with E-state index in [0.29, 0.717) is 22.8 Å². The first-order chi connectivity index (χ1) is 14.2. The molecule has 10 heteroatoms. The summed E-state index contributed by atoms with van der Waals surface area (Å²) in [6, 6.07) is 14.0. The first-order valence-corrected chi connectivity index (χ1v) is 8.84. The predicted molar refractivity (Wildman–Crippen MR) is 109 cm³/mol. The van der Waals surface area contributed by atoms with E-state index in [-0.39, 0.29) is 10.7 Å². The Morgan fingerprint density at radius 3 is 2.30 bits per heavy atom. The Morgan fingerprint density at radius 1 is 1.03 bits per heavy atom. The lowest BCUT2D eigenvalue weighted by Crippen LogP contribution is -2.23. The number of alkyl halides is 3. The second kappa shape index (κ2) is 8.78. The van der Waals surface area contributed by atoms with Crippen LogP contribution in [0.1, 0.15) is 21.7 Å². The number of benzene rings is 2. The number of nitrogens with zero attached hydrogens (tertiary/aromatic N) is 1. The largest absolute Gasteiger partial charge is 0.478 e. The van der Waals surface area contributed by atoms with Crippen LogP contribution in [0.25, 0.3) is 11.3 Å². The zero-order valence-corrected chi connectivity index (χ0v) is 15.9. The van der Waals surface area contributed by atoms with Gasteiger partial charge in [0, 0.05) is 11.3 Å². The van der Waals surface area contributed by atoms with Crippen molar-refractivity contribution in [3.8, 4) is 11.3 Å². The van der Waals surface area contributed by atoms with Gasteiger partial charge in [0.2, 0.25) is 0 Å². The molecule has 3 N–H and O–H groups in total. The van der Waals surface area contributed by atoms with Crippen LogP contribution < -0.4 is 10.7 Å². The van der Waals surface area contributed by atoms with Crippen LogP contribution in [-0.2, 0) is 6.18 Å². The summed E-state index contributed by atoms with van der Waals surface area (Å²) in [5.41, 5.74) is 3.03. The monoisotopic (exact) mass is 433 g/mol. The van der Waals surface area contributed by atoms with E-state index in [4.69, 9.17) is 21.7 Å². The van der Waals surface area contributed by atoms with Crippen molar-refractivity contribution >= 4 is 35.2 Å². The number of carbonyl (C=O) groups is 1. The summed E-state index contributed by atoms with van der Waals surface area (Å²) >= 11 is 5.04. The summed E-state index contributed by atoms with van der Waals surface area (Å²) in [5, 5.41) is 15.6. The molecule has 0 saturated heterocycles. The van der Waals surface area contributed by atoms with Crippen molar-refractivity contribution < 1.29 is 27.5 Å². The minimum absolute atomic E-state index is 0.0852. The molecule has 0 radical (unpaired) electrons. The van der Waals surface area contributed by atoms with Gasteiger partial charge in [-0.15, -0.1) is 0 Å². The van der Waals surface area contributed by atoms with Crippen molar-refractivity contribution in [1.29, 1.82) is 0 Å². The van der Waals surface area contributed by atoms with E-state index in [2.05, 4.69) is 15.8 Å². The standard InChI is InChI=1S/C20H14F3N3O3S/c21-20(22,23)14-5-7-15(8-6-14)25-19(30)26-24-11-16-9-10-17(29-16)12-1-3-13(4-2-12)18(27)28/h1-11H,(H,27,28)(H2,25,26,30)/b24-11+. The Morgan fingerprint density at radius 2 is 1.70 bits per heavy atom. The summed E-state index contributed by atoms with van der Waals surface area (Å²) in [4.78, 5) is 10.9. The second-order valence-electron chi connectivity index (χ2n) is 5.98. The molecule has 0 spiro atoms. The zero-order valence-electron chi connectivity index (χ0n) is 15.1. The first-order valence-electron chi connectivity index (χ1n) is 8.43. The molecule has 1 aromatic heterocycles. The molecule has 0 unspecified atom stereocenters. The molecule has 0 aliphatic carbocycles. The third kappa shape index (κ3) is 5.45. The van der Waals surface area contributed by atoms with Crippen LogP contribution >= 0.6 is 12.2 Å². The normalized spacial score (nSPS) is 11.4. The molecule has 3 rings (SSSR count). The predicted octanol–water partition coefficient (Wildman–Crippen LogP) is 4.98. The van der Waals surface area contributed by atoms with E-state index in [0.717, 1.165) is 12.1 Å². The van der Waals surface area contributed by atoms with Crippen molar-refractivity contribution in [1.82, 2.24) is 5.43 Å². The van der Waals surface area contributed by atoms with Crippen LogP contribution in [0.2, 0.25) is 0 Å². The van der Waals surface area contributed by atoms with Crippen molar-refractivity contribution in [3.05, 3.63) is 77.6 Å². The average molecular weight is 433 g/mol. The van der Waals surface area contributed by atoms with Crippen molar-refractivity contribution in [2.75, 3.05) is 5.32 Å². The van der Waals surface area contributed by atoms with Gasteiger partial charge in [-0.1, -0.05) is 12.1 Å². The maximum Gasteiger partial charge on any atom is 0.416 e. The fourth-order valence-corrected chi connectivity index (χ4v) is 2.58. The molecule has 154 valence electrons. The van der Waals surface area contributed by atoms with Gasteiger partial charge in [0.05, 0.1) is 17.3 Å². The SMILES string of the molecule is O=C(O)c1ccc(-c2ccc(/C=N/NC(=S)Nc3ccc(C(F)(F)F)cc3)o2)cc1. The van der Waals surface area contributed by atoms with Crippen LogP contribution in [0.3, 0.4) is 0 Å². The molecule has 0 saturated carbocycles. The molecule has 0 bridgehead atoms. The molecule has 0 aliphatic rings. The smallest absolute Gasteiger partial charge is 0.416 e. The van der Waals surface area contributed by atoms with Gasteiger partial charge in [-0.3, -0.25) is 5.43 Å². The molecule has 0 fully saturated rings. The Balaban J connectivity index is 1.55. The number of hydrogen-bond acceptors (Lipinski definition) is 4. The summed E-state index contributed by atoms with van der Waals surface area (Å²) < 4.78 is 43.3. The number of carboxylic acids is 1. The van der Waals surface area contributed by atoms with Crippen LogP contribution in [0, 0.1) is 0 Å². The van der Waals surface area contributed by atoms with Crippen LogP contribution in [0.5, 0.6) is 0 Å². The molecule has 0 atom stereocenters. The number of aromatic carboxylic acids is 1. The van der Waals surface area contributed by atoms with Crippen molar-refractivity contribution in [3.63, 3.8) is 0 Å². The number of carboxylic acid groups (broad SMARTS) is 1. The van der Waals surface area contributed by atoms with Gasteiger partial charge in [-0.25, -0.2) is 4.79 Å². The van der Waals surface area contributed by atoms with E-state index in [1.54, 1.807) is 24.3 Å². The maximum atomic E-state index is 12.6. The lowest BCUT2D eigenvalue weighted by Gasteiger charge is -2.09. The molecule has 2 aromatic carbocycles. The number of rotatable bonds is 5. The third-order valence-corrected chi connectivity index (χ3v) is 4.06. The maximum absolute atomic E-state index is 12.6. The van der Waals surface area contributed by atoms with Crippen molar-refractivity contribution in [2.24, 2.45) is 5.10 Å². The summed E-state index contributed by atoms with van der Waals surface area (Å²) in [6.45, 7) is 0. The van der Waals surface area contributed by atoms with E-state index in [9.17, 15) is 18.0 Å². The molecular weight excluding hydrogens is 419 g/mol. The number of hydrazone groups is 1. The molecule has 6 nitrogen and oxygen atoms in total. The fourth-order valence-electron chi connectivity index (χ4n) is 2.41.